The van der Waals surface area contributed by atoms with E-state index < -0.39 is 0 Å². The van der Waals surface area contributed by atoms with Gasteiger partial charge in [0.25, 0.3) is 0 Å². The Hall–Kier alpha value is -3.06. The summed E-state index contributed by atoms with van der Waals surface area (Å²) < 4.78 is 10.5. The summed E-state index contributed by atoms with van der Waals surface area (Å²) in [6.07, 6.45) is 0. The van der Waals surface area contributed by atoms with Crippen LogP contribution in [-0.2, 0) is 6.54 Å². The number of ether oxygens (including phenoxy) is 2. The first kappa shape index (κ1) is 17.8. The molecule has 134 valence electrons. The number of thiazole rings is 1. The summed E-state index contributed by atoms with van der Waals surface area (Å²) in [5.41, 5.74) is 2.76. The highest BCUT2D eigenvalue weighted by molar-refractivity contribution is 7.14. The van der Waals surface area contributed by atoms with Crippen LogP contribution < -0.4 is 20.1 Å². The van der Waals surface area contributed by atoms with Gasteiger partial charge in [-0.3, -0.25) is 5.32 Å². The lowest BCUT2D eigenvalue weighted by atomic mass is 10.2. The number of methoxy groups -OCH3 is 2. The van der Waals surface area contributed by atoms with Gasteiger partial charge in [0.2, 0.25) is 0 Å². The summed E-state index contributed by atoms with van der Waals surface area (Å²) in [6, 6.07) is 15.0. The number of urea groups is 1. The van der Waals surface area contributed by atoms with Crippen molar-refractivity contribution >= 4 is 22.5 Å². The van der Waals surface area contributed by atoms with Crippen molar-refractivity contribution in [2.45, 2.75) is 6.54 Å². The van der Waals surface area contributed by atoms with Crippen molar-refractivity contribution in [3.05, 3.63) is 59.5 Å². The molecule has 1 heterocycles. The van der Waals surface area contributed by atoms with E-state index in [9.17, 15) is 4.79 Å². The Balaban J connectivity index is 1.57. The molecule has 0 aliphatic heterocycles. The van der Waals surface area contributed by atoms with E-state index in [1.165, 1.54) is 11.3 Å². The van der Waals surface area contributed by atoms with E-state index in [1.807, 2.05) is 47.8 Å². The number of hydrogen-bond acceptors (Lipinski definition) is 5. The first-order valence-electron chi connectivity index (χ1n) is 7.96. The smallest absolute Gasteiger partial charge is 0.321 e. The molecular formula is C19H19N3O3S. The zero-order valence-electron chi connectivity index (χ0n) is 14.5. The summed E-state index contributed by atoms with van der Waals surface area (Å²) in [5, 5.41) is 8.03. The average Bonchev–Trinajstić information content (AvgIpc) is 3.15. The fourth-order valence-corrected chi connectivity index (χ4v) is 3.10. The lowest BCUT2D eigenvalue weighted by Crippen LogP contribution is -2.28. The first-order valence-corrected chi connectivity index (χ1v) is 8.84. The number of hydrogen-bond donors (Lipinski definition) is 2. The second-order valence-corrected chi connectivity index (χ2v) is 6.26. The summed E-state index contributed by atoms with van der Waals surface area (Å²) in [7, 11) is 3.16. The van der Waals surface area contributed by atoms with Crippen LogP contribution in [0.25, 0.3) is 11.3 Å². The lowest BCUT2D eigenvalue weighted by molar-refractivity contribution is 0.251. The maximum Gasteiger partial charge on any atom is 0.321 e. The van der Waals surface area contributed by atoms with Crippen LogP contribution in [0.2, 0.25) is 0 Å². The largest absolute Gasteiger partial charge is 0.493 e. The Labute approximate surface area is 155 Å². The van der Waals surface area contributed by atoms with Gasteiger partial charge in [0.15, 0.2) is 16.6 Å². The van der Waals surface area contributed by atoms with E-state index >= 15 is 0 Å². The maximum absolute atomic E-state index is 12.1. The Morgan fingerprint density at radius 2 is 1.85 bits per heavy atom. The van der Waals surface area contributed by atoms with E-state index in [0.29, 0.717) is 23.2 Å². The van der Waals surface area contributed by atoms with Crippen LogP contribution in [0.15, 0.2) is 53.9 Å². The monoisotopic (exact) mass is 369 g/mol. The van der Waals surface area contributed by atoms with Crippen molar-refractivity contribution in [3.8, 4) is 22.8 Å². The number of carbonyl (C=O) groups excluding carboxylic acids is 1. The number of anilines is 1. The van der Waals surface area contributed by atoms with Gasteiger partial charge in [0.05, 0.1) is 19.9 Å². The molecular weight excluding hydrogens is 350 g/mol. The minimum Gasteiger partial charge on any atom is -0.493 e. The molecule has 0 saturated carbocycles. The van der Waals surface area contributed by atoms with Crippen LogP contribution in [0, 0.1) is 0 Å². The Kier molecular flexibility index (Phi) is 5.70. The zero-order valence-corrected chi connectivity index (χ0v) is 15.3. The van der Waals surface area contributed by atoms with Crippen LogP contribution in [0.1, 0.15) is 5.56 Å². The molecule has 1 aromatic heterocycles. The van der Waals surface area contributed by atoms with Gasteiger partial charge in [-0.2, -0.15) is 0 Å². The summed E-state index contributed by atoms with van der Waals surface area (Å²) >= 11 is 1.39. The van der Waals surface area contributed by atoms with Crippen molar-refractivity contribution < 1.29 is 14.3 Å². The highest BCUT2D eigenvalue weighted by Crippen LogP contribution is 2.27. The van der Waals surface area contributed by atoms with Crippen molar-refractivity contribution in [2.75, 3.05) is 19.5 Å². The van der Waals surface area contributed by atoms with Crippen LogP contribution in [0.3, 0.4) is 0 Å². The van der Waals surface area contributed by atoms with Crippen molar-refractivity contribution in [2.24, 2.45) is 0 Å². The third-order valence-electron chi connectivity index (χ3n) is 3.70. The minimum atomic E-state index is -0.311. The van der Waals surface area contributed by atoms with E-state index in [4.69, 9.17) is 9.47 Å². The molecule has 0 bridgehead atoms. The number of benzene rings is 2. The summed E-state index contributed by atoms with van der Waals surface area (Å²) in [5.74, 6) is 1.27. The number of nitrogens with one attached hydrogen (secondary N) is 2. The van der Waals surface area contributed by atoms with E-state index in [2.05, 4.69) is 15.6 Å². The fourth-order valence-electron chi connectivity index (χ4n) is 2.39. The second kappa shape index (κ2) is 8.35. The van der Waals surface area contributed by atoms with Gasteiger partial charge in [-0.05, 0) is 17.7 Å². The molecule has 0 aliphatic rings. The van der Waals surface area contributed by atoms with E-state index in [-0.39, 0.29) is 6.03 Å². The van der Waals surface area contributed by atoms with E-state index in [1.54, 1.807) is 20.3 Å². The van der Waals surface area contributed by atoms with Crippen molar-refractivity contribution in [3.63, 3.8) is 0 Å². The predicted octanol–water partition coefficient (Wildman–Crippen LogP) is 4.15. The van der Waals surface area contributed by atoms with E-state index in [0.717, 1.165) is 16.8 Å². The van der Waals surface area contributed by atoms with Crippen LogP contribution >= 0.6 is 11.3 Å². The molecule has 3 aromatic rings. The molecule has 0 saturated heterocycles. The van der Waals surface area contributed by atoms with Gasteiger partial charge in [-0.1, -0.05) is 36.4 Å². The quantitative estimate of drug-likeness (QED) is 0.685. The number of amides is 2. The molecule has 2 N–H and O–H groups in total. The van der Waals surface area contributed by atoms with Crippen molar-refractivity contribution in [1.29, 1.82) is 0 Å². The Morgan fingerprint density at radius 1 is 1.08 bits per heavy atom. The van der Waals surface area contributed by atoms with Gasteiger partial charge in [0.1, 0.15) is 0 Å². The molecule has 0 atom stereocenters. The minimum absolute atomic E-state index is 0.311. The molecule has 0 unspecified atom stereocenters. The fraction of sp³-hybridized carbons (Fsp3) is 0.158. The van der Waals surface area contributed by atoms with Crippen LogP contribution in [0.5, 0.6) is 11.5 Å². The highest BCUT2D eigenvalue weighted by atomic mass is 32.1. The molecule has 7 heteroatoms. The Morgan fingerprint density at radius 3 is 2.58 bits per heavy atom. The number of carbonyl (C=O) groups is 1. The molecule has 2 aromatic carbocycles. The van der Waals surface area contributed by atoms with Gasteiger partial charge >= 0.3 is 6.03 Å². The number of nitrogens with zero attached hydrogens (tertiary/aromatic N) is 1. The molecule has 0 radical (unpaired) electrons. The first-order chi connectivity index (χ1) is 12.7. The molecule has 0 aliphatic carbocycles. The summed E-state index contributed by atoms with van der Waals surface area (Å²) in [4.78, 5) is 16.5. The van der Waals surface area contributed by atoms with Gasteiger partial charge in [0, 0.05) is 17.5 Å². The van der Waals surface area contributed by atoms with Crippen LogP contribution in [-0.4, -0.2) is 25.2 Å². The predicted molar refractivity (Wildman–Crippen MR) is 103 cm³/mol. The molecule has 2 amide bonds. The molecule has 26 heavy (non-hydrogen) atoms. The summed E-state index contributed by atoms with van der Waals surface area (Å²) in [6.45, 7) is 0.364. The number of aromatic nitrogens is 1. The lowest BCUT2D eigenvalue weighted by Gasteiger charge is -2.10. The topological polar surface area (TPSA) is 72.5 Å². The highest BCUT2D eigenvalue weighted by Gasteiger charge is 2.09. The normalized spacial score (nSPS) is 10.2. The standard InChI is InChI=1S/C19H19N3O3S/c1-24-16-9-8-13(10-17(16)25-2)11-20-18(23)22-19-21-15(12-26-19)14-6-4-3-5-7-14/h3-10,12H,11H2,1-2H3,(H2,20,21,22,23). The van der Waals surface area contributed by atoms with Crippen molar-refractivity contribution in [1.82, 2.24) is 10.3 Å². The Bertz CT molecular complexity index is 881. The molecule has 3 rings (SSSR count). The zero-order chi connectivity index (χ0) is 18.4. The SMILES string of the molecule is COc1ccc(CNC(=O)Nc2nc(-c3ccccc3)cs2)cc1OC. The third kappa shape index (κ3) is 4.31. The average molecular weight is 369 g/mol. The third-order valence-corrected chi connectivity index (χ3v) is 4.45. The van der Waals surface area contributed by atoms with Gasteiger partial charge in [-0.15, -0.1) is 11.3 Å². The maximum atomic E-state index is 12.1. The van der Waals surface area contributed by atoms with Gasteiger partial charge < -0.3 is 14.8 Å². The molecule has 6 nitrogen and oxygen atoms in total. The number of rotatable bonds is 6. The van der Waals surface area contributed by atoms with Crippen LogP contribution in [0.4, 0.5) is 9.93 Å². The molecule has 0 fully saturated rings. The van der Waals surface area contributed by atoms with Gasteiger partial charge in [-0.25, -0.2) is 9.78 Å². The second-order valence-electron chi connectivity index (χ2n) is 5.40. The molecule has 0 spiro atoms.